The van der Waals surface area contributed by atoms with E-state index in [1.807, 2.05) is 6.92 Å². The van der Waals surface area contributed by atoms with E-state index >= 15 is 0 Å². The molecule has 1 atom stereocenters. The van der Waals surface area contributed by atoms with Crippen molar-refractivity contribution in [3.63, 3.8) is 0 Å². The van der Waals surface area contributed by atoms with Gasteiger partial charge in [0.15, 0.2) is 0 Å². The molecule has 0 fully saturated rings. The Morgan fingerprint density at radius 3 is 2.30 bits per heavy atom. The van der Waals surface area contributed by atoms with Gasteiger partial charge >= 0.3 is 5.97 Å². The highest BCUT2D eigenvalue weighted by Crippen LogP contribution is 2.21. The Bertz CT molecular complexity index is 398. The Balaban J connectivity index is 4.29. The number of allylic oxidation sites excluding steroid dienone is 4. The lowest BCUT2D eigenvalue weighted by atomic mass is 9.98. The van der Waals surface area contributed by atoms with Crippen LogP contribution in [0.1, 0.15) is 53.4 Å². The Morgan fingerprint density at radius 1 is 1.15 bits per heavy atom. The Labute approximate surface area is 123 Å². The van der Waals surface area contributed by atoms with Crippen LogP contribution in [0.4, 0.5) is 0 Å². The Kier molecular flexibility index (Phi) is 8.62. The summed E-state index contributed by atoms with van der Waals surface area (Å²) in [6.45, 7) is 15.4. The molecule has 2 heteroatoms. The van der Waals surface area contributed by atoms with E-state index < -0.39 is 11.6 Å². The van der Waals surface area contributed by atoms with Gasteiger partial charge in [-0.15, -0.1) is 0 Å². The quantitative estimate of drug-likeness (QED) is 0.331. The van der Waals surface area contributed by atoms with Crippen LogP contribution in [0, 0.1) is 0 Å². The first kappa shape index (κ1) is 18.4. The zero-order valence-corrected chi connectivity index (χ0v) is 13.4. The summed E-state index contributed by atoms with van der Waals surface area (Å²) in [6.07, 6.45) is 11.1. The summed E-state index contributed by atoms with van der Waals surface area (Å²) < 4.78 is 5.32. The summed E-state index contributed by atoms with van der Waals surface area (Å²) in [4.78, 5) is 11.3. The van der Waals surface area contributed by atoms with Gasteiger partial charge in [0.25, 0.3) is 0 Å². The van der Waals surface area contributed by atoms with Crippen molar-refractivity contribution in [3.8, 4) is 0 Å². The highest BCUT2D eigenvalue weighted by atomic mass is 16.6. The standard InChI is InChI=1S/C18H28O2/c1-7-17(19)20-18(6,8-2)14-10-13-16(5)12-9-11-15(3)4/h7-8,11,13H,1-2,9-10,12,14H2,3-6H3. The molecule has 0 rings (SSSR count). The van der Waals surface area contributed by atoms with Crippen LogP contribution in [0.3, 0.4) is 0 Å². The minimum absolute atomic E-state index is 0.406. The van der Waals surface area contributed by atoms with Crippen molar-refractivity contribution in [2.45, 2.75) is 59.0 Å². The van der Waals surface area contributed by atoms with E-state index in [1.165, 1.54) is 17.2 Å². The van der Waals surface area contributed by atoms with Gasteiger partial charge in [-0.2, -0.15) is 0 Å². The molecule has 0 aromatic rings. The Morgan fingerprint density at radius 2 is 1.80 bits per heavy atom. The van der Waals surface area contributed by atoms with E-state index in [1.54, 1.807) is 6.08 Å². The van der Waals surface area contributed by atoms with Crippen LogP contribution in [0.5, 0.6) is 0 Å². The van der Waals surface area contributed by atoms with Gasteiger partial charge in [0, 0.05) is 6.08 Å². The molecule has 0 aromatic carbocycles. The molecular weight excluding hydrogens is 248 g/mol. The molecule has 0 saturated carbocycles. The third-order valence-corrected chi connectivity index (χ3v) is 3.16. The monoisotopic (exact) mass is 276 g/mol. The van der Waals surface area contributed by atoms with Gasteiger partial charge in [-0.25, -0.2) is 4.79 Å². The number of esters is 1. The largest absolute Gasteiger partial charge is 0.452 e. The molecule has 0 aromatic heterocycles. The second-order valence-electron chi connectivity index (χ2n) is 5.55. The fraction of sp³-hybridized carbons (Fsp3) is 0.500. The molecule has 2 nitrogen and oxygen atoms in total. The molecule has 0 bridgehead atoms. The zero-order chi connectivity index (χ0) is 15.6. The van der Waals surface area contributed by atoms with Crippen molar-refractivity contribution in [3.05, 3.63) is 48.6 Å². The summed E-state index contributed by atoms with van der Waals surface area (Å²) in [5.74, 6) is -0.406. The fourth-order valence-electron chi connectivity index (χ4n) is 1.76. The van der Waals surface area contributed by atoms with Gasteiger partial charge in [0.2, 0.25) is 0 Å². The third-order valence-electron chi connectivity index (χ3n) is 3.16. The fourth-order valence-corrected chi connectivity index (χ4v) is 1.76. The first-order chi connectivity index (χ1) is 9.33. The number of hydrogen-bond acceptors (Lipinski definition) is 2. The van der Waals surface area contributed by atoms with Gasteiger partial charge in [0.1, 0.15) is 5.60 Å². The van der Waals surface area contributed by atoms with Crippen LogP contribution in [0.25, 0.3) is 0 Å². The van der Waals surface area contributed by atoms with E-state index in [9.17, 15) is 4.79 Å². The number of ether oxygens (including phenoxy) is 1. The minimum atomic E-state index is -0.623. The van der Waals surface area contributed by atoms with Crippen LogP contribution in [-0.4, -0.2) is 11.6 Å². The van der Waals surface area contributed by atoms with Crippen LogP contribution in [0.15, 0.2) is 48.6 Å². The summed E-state index contributed by atoms with van der Waals surface area (Å²) in [7, 11) is 0. The predicted octanol–water partition coefficient (Wildman–Crippen LogP) is 5.13. The molecule has 0 N–H and O–H groups in total. The van der Waals surface area contributed by atoms with Gasteiger partial charge < -0.3 is 4.74 Å². The maximum absolute atomic E-state index is 11.3. The van der Waals surface area contributed by atoms with E-state index in [2.05, 4.69) is 46.1 Å². The molecule has 1 unspecified atom stereocenters. The van der Waals surface area contributed by atoms with Gasteiger partial charge in [-0.3, -0.25) is 0 Å². The molecule has 0 aliphatic rings. The van der Waals surface area contributed by atoms with Crippen LogP contribution < -0.4 is 0 Å². The van der Waals surface area contributed by atoms with Crippen molar-refractivity contribution in [1.29, 1.82) is 0 Å². The summed E-state index contributed by atoms with van der Waals surface area (Å²) in [6, 6.07) is 0. The molecule has 0 radical (unpaired) electrons. The van der Waals surface area contributed by atoms with Gasteiger partial charge in [0.05, 0.1) is 0 Å². The van der Waals surface area contributed by atoms with E-state index in [4.69, 9.17) is 4.74 Å². The molecule has 0 aliphatic heterocycles. The molecule has 0 heterocycles. The topological polar surface area (TPSA) is 26.3 Å². The van der Waals surface area contributed by atoms with E-state index in [0.717, 1.165) is 25.7 Å². The second-order valence-corrected chi connectivity index (χ2v) is 5.55. The number of carbonyl (C=O) groups is 1. The molecular formula is C18H28O2. The third kappa shape index (κ3) is 8.52. The van der Waals surface area contributed by atoms with Gasteiger partial charge in [-0.1, -0.05) is 36.5 Å². The highest BCUT2D eigenvalue weighted by Gasteiger charge is 2.22. The van der Waals surface area contributed by atoms with E-state index in [-0.39, 0.29) is 0 Å². The van der Waals surface area contributed by atoms with Gasteiger partial charge in [-0.05, 0) is 59.5 Å². The number of hydrogen-bond donors (Lipinski definition) is 0. The van der Waals surface area contributed by atoms with Crippen LogP contribution >= 0.6 is 0 Å². The average molecular weight is 276 g/mol. The van der Waals surface area contributed by atoms with Crippen molar-refractivity contribution < 1.29 is 9.53 Å². The Hall–Kier alpha value is -1.57. The minimum Gasteiger partial charge on any atom is -0.452 e. The molecule has 20 heavy (non-hydrogen) atoms. The summed E-state index contributed by atoms with van der Waals surface area (Å²) in [5, 5.41) is 0. The maximum atomic E-state index is 11.3. The molecule has 112 valence electrons. The lowest BCUT2D eigenvalue weighted by molar-refractivity contribution is -0.147. The normalized spacial score (nSPS) is 14.1. The van der Waals surface area contributed by atoms with Crippen LogP contribution in [-0.2, 0) is 9.53 Å². The van der Waals surface area contributed by atoms with Crippen molar-refractivity contribution >= 4 is 5.97 Å². The lowest BCUT2D eigenvalue weighted by Gasteiger charge is -2.24. The maximum Gasteiger partial charge on any atom is 0.331 e. The van der Waals surface area contributed by atoms with E-state index in [0.29, 0.717) is 0 Å². The highest BCUT2D eigenvalue weighted by molar-refractivity contribution is 5.81. The molecule has 0 amide bonds. The average Bonchev–Trinajstić information content (AvgIpc) is 2.38. The molecule has 0 saturated heterocycles. The van der Waals surface area contributed by atoms with Crippen molar-refractivity contribution in [1.82, 2.24) is 0 Å². The zero-order valence-electron chi connectivity index (χ0n) is 13.4. The number of rotatable bonds is 9. The van der Waals surface area contributed by atoms with Crippen molar-refractivity contribution in [2.75, 3.05) is 0 Å². The molecule has 0 aliphatic carbocycles. The lowest BCUT2D eigenvalue weighted by Crippen LogP contribution is -2.28. The number of carbonyl (C=O) groups excluding carboxylic acids is 1. The smallest absolute Gasteiger partial charge is 0.331 e. The SMILES string of the molecule is C=CC(=O)OC(C)(C=C)CCC=C(C)CCC=C(C)C. The first-order valence-electron chi connectivity index (χ1n) is 7.11. The van der Waals surface area contributed by atoms with Crippen LogP contribution in [0.2, 0.25) is 0 Å². The summed E-state index contributed by atoms with van der Waals surface area (Å²) in [5.41, 5.74) is 2.10. The first-order valence-corrected chi connectivity index (χ1v) is 7.11. The summed E-state index contributed by atoms with van der Waals surface area (Å²) >= 11 is 0. The van der Waals surface area contributed by atoms with Crippen molar-refractivity contribution in [2.24, 2.45) is 0 Å². The predicted molar refractivity (Wildman–Crippen MR) is 86.5 cm³/mol. The second kappa shape index (κ2) is 9.35. The molecule has 0 spiro atoms.